The molecule has 0 spiro atoms. The van der Waals surface area contributed by atoms with Gasteiger partial charge in [0.2, 0.25) is 0 Å². The Morgan fingerprint density at radius 3 is 2.71 bits per heavy atom. The fraction of sp³-hybridized carbons (Fsp3) is 0. The fourth-order valence-electron chi connectivity index (χ4n) is 1.88. The number of fused-ring (bicyclic) bond motifs is 1. The van der Waals surface area contributed by atoms with Gasteiger partial charge in [-0.1, -0.05) is 18.2 Å². The van der Waals surface area contributed by atoms with E-state index in [0.717, 1.165) is 22.0 Å². The van der Waals surface area contributed by atoms with Crippen molar-refractivity contribution in [1.82, 2.24) is 10.2 Å². The van der Waals surface area contributed by atoms with Crippen LogP contribution >= 0.6 is 0 Å². The first-order valence-electron chi connectivity index (χ1n) is 5.23. The van der Waals surface area contributed by atoms with Crippen LogP contribution in [0.25, 0.3) is 22.0 Å². The molecule has 0 saturated carbocycles. The van der Waals surface area contributed by atoms with E-state index < -0.39 is 0 Å². The van der Waals surface area contributed by atoms with Gasteiger partial charge in [-0.15, -0.1) is 0 Å². The van der Waals surface area contributed by atoms with Gasteiger partial charge in [-0.2, -0.15) is 5.10 Å². The molecule has 0 radical (unpaired) electrons. The third kappa shape index (κ3) is 1.63. The first-order valence-corrected chi connectivity index (χ1v) is 5.23. The van der Waals surface area contributed by atoms with Crippen LogP contribution in [-0.2, 0) is 0 Å². The second kappa shape index (κ2) is 3.59. The third-order valence-corrected chi connectivity index (χ3v) is 2.75. The van der Waals surface area contributed by atoms with Crippen LogP contribution in [-0.4, -0.2) is 10.2 Å². The molecular formula is C13H10FN3. The maximum atomic E-state index is 13.1. The summed E-state index contributed by atoms with van der Waals surface area (Å²) in [6, 6.07) is 12.2. The Morgan fingerprint density at radius 1 is 1.06 bits per heavy atom. The lowest BCUT2D eigenvalue weighted by Crippen LogP contribution is -1.84. The first-order chi connectivity index (χ1) is 8.24. The number of benzene rings is 2. The van der Waals surface area contributed by atoms with Gasteiger partial charge in [0.15, 0.2) is 5.82 Å². The molecule has 0 unspecified atom stereocenters. The molecule has 0 amide bonds. The average Bonchev–Trinajstić information content (AvgIpc) is 2.71. The van der Waals surface area contributed by atoms with Gasteiger partial charge < -0.3 is 5.73 Å². The molecule has 84 valence electrons. The summed E-state index contributed by atoms with van der Waals surface area (Å²) in [4.78, 5) is 0. The number of nitrogens with one attached hydrogen (secondary N) is 1. The van der Waals surface area contributed by atoms with E-state index in [2.05, 4.69) is 10.2 Å². The molecule has 2 aromatic carbocycles. The standard InChI is InChI=1S/C13H10FN3/c14-10-3-1-2-8(6-10)9-4-5-12-11(7-9)13(15)17-16-12/h1-7H,(H3,15,16,17). The van der Waals surface area contributed by atoms with Crippen LogP contribution in [0.1, 0.15) is 0 Å². The molecule has 3 rings (SSSR count). The second-order valence-electron chi connectivity index (χ2n) is 3.88. The van der Waals surface area contributed by atoms with Gasteiger partial charge in [0.25, 0.3) is 0 Å². The number of nitrogens with two attached hydrogens (primary N) is 1. The van der Waals surface area contributed by atoms with E-state index in [0.29, 0.717) is 5.82 Å². The molecular weight excluding hydrogens is 217 g/mol. The highest BCUT2D eigenvalue weighted by Crippen LogP contribution is 2.26. The number of nitrogens with zero attached hydrogens (tertiary/aromatic N) is 1. The zero-order valence-electron chi connectivity index (χ0n) is 8.94. The lowest BCUT2D eigenvalue weighted by Gasteiger charge is -2.02. The Bertz CT molecular complexity index is 688. The summed E-state index contributed by atoms with van der Waals surface area (Å²) in [5, 5.41) is 7.61. The highest BCUT2D eigenvalue weighted by Gasteiger charge is 2.05. The number of halogens is 1. The summed E-state index contributed by atoms with van der Waals surface area (Å²) in [5.74, 6) is 0.209. The van der Waals surface area contributed by atoms with Gasteiger partial charge in [-0.25, -0.2) is 4.39 Å². The van der Waals surface area contributed by atoms with E-state index in [1.54, 1.807) is 6.07 Å². The molecule has 0 aliphatic rings. The van der Waals surface area contributed by atoms with E-state index in [4.69, 9.17) is 5.73 Å². The highest BCUT2D eigenvalue weighted by molar-refractivity contribution is 5.92. The summed E-state index contributed by atoms with van der Waals surface area (Å²) >= 11 is 0. The van der Waals surface area contributed by atoms with Crippen molar-refractivity contribution in [2.24, 2.45) is 0 Å². The van der Waals surface area contributed by atoms with Gasteiger partial charge in [0.1, 0.15) is 5.82 Å². The van der Waals surface area contributed by atoms with Crippen LogP contribution in [0.5, 0.6) is 0 Å². The monoisotopic (exact) mass is 227 g/mol. The lowest BCUT2D eigenvalue weighted by molar-refractivity contribution is 0.628. The Morgan fingerprint density at radius 2 is 1.88 bits per heavy atom. The van der Waals surface area contributed by atoms with E-state index in [1.807, 2.05) is 24.3 Å². The van der Waals surface area contributed by atoms with Crippen molar-refractivity contribution in [1.29, 1.82) is 0 Å². The zero-order chi connectivity index (χ0) is 11.8. The minimum atomic E-state index is -0.247. The highest BCUT2D eigenvalue weighted by atomic mass is 19.1. The van der Waals surface area contributed by atoms with Gasteiger partial charge >= 0.3 is 0 Å². The molecule has 0 bridgehead atoms. The van der Waals surface area contributed by atoms with Crippen molar-refractivity contribution in [2.75, 3.05) is 5.73 Å². The number of hydrogen-bond acceptors (Lipinski definition) is 2. The third-order valence-electron chi connectivity index (χ3n) is 2.75. The molecule has 3 aromatic rings. The van der Waals surface area contributed by atoms with Crippen molar-refractivity contribution in [3.8, 4) is 11.1 Å². The maximum Gasteiger partial charge on any atom is 0.153 e. The Labute approximate surface area is 97.1 Å². The van der Waals surface area contributed by atoms with Crippen molar-refractivity contribution in [3.63, 3.8) is 0 Å². The van der Waals surface area contributed by atoms with Crippen LogP contribution in [0.4, 0.5) is 10.2 Å². The molecule has 17 heavy (non-hydrogen) atoms. The minimum Gasteiger partial charge on any atom is -0.382 e. The number of nitrogen functional groups attached to an aromatic ring is 1. The number of aromatic amines is 1. The van der Waals surface area contributed by atoms with Crippen molar-refractivity contribution in [2.45, 2.75) is 0 Å². The molecule has 3 N–H and O–H groups in total. The predicted octanol–water partition coefficient (Wildman–Crippen LogP) is 2.95. The predicted molar refractivity (Wildman–Crippen MR) is 65.9 cm³/mol. The molecule has 1 heterocycles. The van der Waals surface area contributed by atoms with Crippen molar-refractivity contribution >= 4 is 16.7 Å². The Balaban J connectivity index is 2.20. The zero-order valence-corrected chi connectivity index (χ0v) is 8.94. The molecule has 1 aromatic heterocycles. The Hall–Kier alpha value is -2.36. The normalized spacial score (nSPS) is 10.9. The second-order valence-corrected chi connectivity index (χ2v) is 3.88. The first kappa shape index (κ1) is 9.84. The van der Waals surface area contributed by atoms with E-state index in [1.165, 1.54) is 12.1 Å². The molecule has 0 aliphatic heterocycles. The number of aromatic nitrogens is 2. The SMILES string of the molecule is Nc1n[nH]c2ccc(-c3cccc(F)c3)cc12. The molecule has 0 aliphatic carbocycles. The van der Waals surface area contributed by atoms with Crippen LogP contribution in [0, 0.1) is 5.82 Å². The minimum absolute atomic E-state index is 0.247. The van der Waals surface area contributed by atoms with Gasteiger partial charge in [-0.3, -0.25) is 5.10 Å². The van der Waals surface area contributed by atoms with Crippen LogP contribution in [0.15, 0.2) is 42.5 Å². The molecule has 3 nitrogen and oxygen atoms in total. The largest absolute Gasteiger partial charge is 0.382 e. The van der Waals surface area contributed by atoms with Crippen molar-refractivity contribution in [3.05, 3.63) is 48.3 Å². The molecule has 0 fully saturated rings. The fourth-order valence-corrected chi connectivity index (χ4v) is 1.88. The van der Waals surface area contributed by atoms with Crippen LogP contribution in [0.3, 0.4) is 0 Å². The number of anilines is 1. The maximum absolute atomic E-state index is 13.1. The van der Waals surface area contributed by atoms with Gasteiger partial charge in [0.05, 0.1) is 5.52 Å². The van der Waals surface area contributed by atoms with Gasteiger partial charge in [0, 0.05) is 5.39 Å². The summed E-state index contributed by atoms with van der Waals surface area (Å²) < 4.78 is 13.1. The van der Waals surface area contributed by atoms with Crippen LogP contribution < -0.4 is 5.73 Å². The number of hydrogen-bond donors (Lipinski definition) is 2. The average molecular weight is 227 g/mol. The Kier molecular flexibility index (Phi) is 2.08. The quantitative estimate of drug-likeness (QED) is 0.671. The molecule has 0 saturated heterocycles. The smallest absolute Gasteiger partial charge is 0.153 e. The summed E-state index contributed by atoms with van der Waals surface area (Å²) in [6.07, 6.45) is 0. The lowest BCUT2D eigenvalue weighted by atomic mass is 10.0. The van der Waals surface area contributed by atoms with E-state index >= 15 is 0 Å². The topological polar surface area (TPSA) is 54.7 Å². The van der Waals surface area contributed by atoms with Crippen LogP contribution in [0.2, 0.25) is 0 Å². The molecule has 0 atom stereocenters. The number of H-pyrrole nitrogens is 1. The van der Waals surface area contributed by atoms with Crippen molar-refractivity contribution < 1.29 is 4.39 Å². The van der Waals surface area contributed by atoms with E-state index in [-0.39, 0.29) is 5.82 Å². The summed E-state index contributed by atoms with van der Waals surface area (Å²) in [7, 11) is 0. The van der Waals surface area contributed by atoms with E-state index in [9.17, 15) is 4.39 Å². The summed E-state index contributed by atoms with van der Waals surface area (Å²) in [6.45, 7) is 0. The number of rotatable bonds is 1. The molecule has 4 heteroatoms. The van der Waals surface area contributed by atoms with Gasteiger partial charge in [-0.05, 0) is 35.4 Å². The summed E-state index contributed by atoms with van der Waals surface area (Å²) in [5.41, 5.74) is 8.36.